The largest absolute Gasteiger partial charge is 0.500 e. The minimum Gasteiger partial charge on any atom is -0.500 e. The molecule has 8 heteroatoms. The Hall–Kier alpha value is -3.73. The molecule has 0 bridgehead atoms. The van der Waals surface area contributed by atoms with Crippen molar-refractivity contribution in [2.45, 2.75) is 0 Å². The van der Waals surface area contributed by atoms with E-state index in [2.05, 4.69) is 6.07 Å². The van der Waals surface area contributed by atoms with Gasteiger partial charge in [-0.15, -0.1) is 0 Å². The predicted octanol–water partition coefficient (Wildman–Crippen LogP) is 3.10. The Morgan fingerprint density at radius 2 is 2.12 bits per heavy atom. The highest BCUT2D eigenvalue weighted by Gasteiger charge is 2.20. The van der Waals surface area contributed by atoms with Crippen molar-refractivity contribution in [3.05, 3.63) is 51.6 Å². The number of fused-ring (bicyclic) bond motifs is 1. The number of allylic oxidation sites excluding steroid dienone is 1. The zero-order valence-electron chi connectivity index (χ0n) is 13.1. The van der Waals surface area contributed by atoms with Crippen LogP contribution in [0.3, 0.4) is 0 Å². The SMILES string of the molecule is COc1cc(/C=C(/C#N)c2ccc3c(c2)OCO3)cc([N+](=O)[O-])c1O. The highest BCUT2D eigenvalue weighted by molar-refractivity contribution is 5.91. The minimum atomic E-state index is -0.720. The molecule has 0 fully saturated rings. The molecule has 0 aromatic heterocycles. The van der Waals surface area contributed by atoms with Gasteiger partial charge in [0.05, 0.1) is 23.7 Å². The van der Waals surface area contributed by atoms with Gasteiger partial charge in [0.2, 0.25) is 12.5 Å². The van der Waals surface area contributed by atoms with Gasteiger partial charge in [0, 0.05) is 6.07 Å². The van der Waals surface area contributed by atoms with Gasteiger partial charge in [-0.2, -0.15) is 5.26 Å². The number of phenols is 1. The van der Waals surface area contributed by atoms with Gasteiger partial charge in [0.1, 0.15) is 0 Å². The Balaban J connectivity index is 2.07. The number of benzene rings is 2. The fourth-order valence-electron chi connectivity index (χ4n) is 2.40. The summed E-state index contributed by atoms with van der Waals surface area (Å²) in [4.78, 5) is 10.3. The Kier molecular flexibility index (Phi) is 4.14. The first-order valence-electron chi connectivity index (χ1n) is 7.10. The van der Waals surface area contributed by atoms with Crippen LogP contribution >= 0.6 is 0 Å². The van der Waals surface area contributed by atoms with Crippen LogP contribution in [0.1, 0.15) is 11.1 Å². The highest BCUT2D eigenvalue weighted by atomic mass is 16.7. The molecule has 0 saturated heterocycles. The van der Waals surface area contributed by atoms with E-state index in [0.29, 0.717) is 22.6 Å². The molecule has 0 radical (unpaired) electrons. The molecule has 2 aromatic carbocycles. The lowest BCUT2D eigenvalue weighted by Crippen LogP contribution is -1.93. The summed E-state index contributed by atoms with van der Waals surface area (Å²) in [5, 5.41) is 30.3. The molecular weight excluding hydrogens is 328 g/mol. The molecule has 3 rings (SSSR count). The normalized spacial score (nSPS) is 12.6. The van der Waals surface area contributed by atoms with E-state index >= 15 is 0 Å². The van der Waals surface area contributed by atoms with Crippen LogP contribution in [0, 0.1) is 21.4 Å². The summed E-state index contributed by atoms with van der Waals surface area (Å²) in [6, 6.07) is 9.66. The summed E-state index contributed by atoms with van der Waals surface area (Å²) in [6.07, 6.45) is 1.46. The smallest absolute Gasteiger partial charge is 0.315 e. The summed E-state index contributed by atoms with van der Waals surface area (Å²) in [5.41, 5.74) is 0.672. The lowest BCUT2D eigenvalue weighted by atomic mass is 10.0. The van der Waals surface area contributed by atoms with Crippen molar-refractivity contribution in [2.24, 2.45) is 0 Å². The Labute approximate surface area is 142 Å². The van der Waals surface area contributed by atoms with E-state index in [1.807, 2.05) is 0 Å². The second-order valence-electron chi connectivity index (χ2n) is 5.09. The molecule has 0 saturated carbocycles. The maximum atomic E-state index is 11.1. The maximum absolute atomic E-state index is 11.1. The van der Waals surface area contributed by atoms with E-state index in [1.54, 1.807) is 18.2 Å². The molecule has 25 heavy (non-hydrogen) atoms. The lowest BCUT2D eigenvalue weighted by Gasteiger charge is -2.06. The van der Waals surface area contributed by atoms with E-state index in [-0.39, 0.29) is 18.1 Å². The van der Waals surface area contributed by atoms with Crippen molar-refractivity contribution < 1.29 is 24.2 Å². The number of nitrogens with zero attached hydrogens (tertiary/aromatic N) is 2. The van der Waals surface area contributed by atoms with E-state index in [4.69, 9.17) is 14.2 Å². The van der Waals surface area contributed by atoms with Gasteiger partial charge in [-0.25, -0.2) is 0 Å². The van der Waals surface area contributed by atoms with E-state index < -0.39 is 16.4 Å². The number of aromatic hydroxyl groups is 1. The molecule has 0 atom stereocenters. The number of nitro benzene ring substituents is 1. The van der Waals surface area contributed by atoms with E-state index in [0.717, 1.165) is 0 Å². The Morgan fingerprint density at radius 3 is 2.80 bits per heavy atom. The van der Waals surface area contributed by atoms with E-state index in [1.165, 1.54) is 25.3 Å². The second-order valence-corrected chi connectivity index (χ2v) is 5.09. The second kappa shape index (κ2) is 6.41. The fourth-order valence-corrected chi connectivity index (χ4v) is 2.40. The molecule has 0 aliphatic carbocycles. The van der Waals surface area contributed by atoms with Crippen LogP contribution in [-0.4, -0.2) is 23.9 Å². The molecule has 0 unspecified atom stereocenters. The minimum absolute atomic E-state index is 0.0524. The topological polar surface area (TPSA) is 115 Å². The molecule has 0 spiro atoms. The monoisotopic (exact) mass is 340 g/mol. The summed E-state index contributed by atoms with van der Waals surface area (Å²) >= 11 is 0. The van der Waals surface area contributed by atoms with Crippen molar-refractivity contribution in [3.8, 4) is 29.1 Å². The molecular formula is C17H12N2O6. The molecule has 8 nitrogen and oxygen atoms in total. The molecule has 1 aliphatic rings. The number of rotatable bonds is 4. The summed E-state index contributed by atoms with van der Waals surface area (Å²) < 4.78 is 15.5. The zero-order valence-corrected chi connectivity index (χ0v) is 13.1. The van der Waals surface area contributed by atoms with Crippen LogP contribution in [0.4, 0.5) is 5.69 Å². The summed E-state index contributed by atoms with van der Waals surface area (Å²) in [7, 11) is 1.29. The number of methoxy groups -OCH3 is 1. The van der Waals surface area contributed by atoms with Gasteiger partial charge in [-0.1, -0.05) is 0 Å². The van der Waals surface area contributed by atoms with Crippen LogP contribution in [-0.2, 0) is 0 Å². The van der Waals surface area contributed by atoms with Crippen molar-refractivity contribution in [3.63, 3.8) is 0 Å². The first kappa shape index (κ1) is 16.1. The number of hydrogen-bond acceptors (Lipinski definition) is 7. The van der Waals surface area contributed by atoms with Crippen LogP contribution in [0.25, 0.3) is 11.6 Å². The number of phenolic OH excluding ortho intramolecular Hbond substituents is 1. The van der Waals surface area contributed by atoms with Crippen molar-refractivity contribution in [2.75, 3.05) is 13.9 Å². The molecule has 1 heterocycles. The van der Waals surface area contributed by atoms with Gasteiger partial charge in [0.25, 0.3) is 0 Å². The lowest BCUT2D eigenvalue weighted by molar-refractivity contribution is -0.386. The van der Waals surface area contributed by atoms with Gasteiger partial charge >= 0.3 is 5.69 Å². The van der Waals surface area contributed by atoms with Crippen LogP contribution < -0.4 is 14.2 Å². The van der Waals surface area contributed by atoms with E-state index in [9.17, 15) is 20.5 Å². The molecule has 1 N–H and O–H groups in total. The maximum Gasteiger partial charge on any atom is 0.315 e. The number of hydrogen-bond donors (Lipinski definition) is 1. The average Bonchev–Trinajstić information content (AvgIpc) is 3.08. The zero-order chi connectivity index (χ0) is 18.0. The van der Waals surface area contributed by atoms with Gasteiger partial charge in [-0.05, 0) is 41.5 Å². The summed E-state index contributed by atoms with van der Waals surface area (Å²) in [6.45, 7) is 0.117. The fraction of sp³-hybridized carbons (Fsp3) is 0.118. The number of ether oxygens (including phenoxy) is 3. The highest BCUT2D eigenvalue weighted by Crippen LogP contribution is 2.38. The van der Waals surface area contributed by atoms with Crippen molar-refractivity contribution >= 4 is 17.3 Å². The van der Waals surface area contributed by atoms with Crippen LogP contribution in [0.15, 0.2) is 30.3 Å². The number of nitro groups is 1. The standard InChI is InChI=1S/C17H12N2O6/c1-23-16-6-10(5-13(17(16)20)19(21)22)4-12(8-18)11-2-3-14-15(7-11)25-9-24-14/h2-7,20H,9H2,1H3/b12-4-. The van der Waals surface area contributed by atoms with Crippen LogP contribution in [0.2, 0.25) is 0 Å². The number of nitriles is 1. The average molecular weight is 340 g/mol. The summed E-state index contributed by atoms with van der Waals surface area (Å²) in [5.74, 6) is 0.491. The van der Waals surface area contributed by atoms with Crippen molar-refractivity contribution in [1.82, 2.24) is 0 Å². The van der Waals surface area contributed by atoms with Crippen molar-refractivity contribution in [1.29, 1.82) is 5.26 Å². The van der Waals surface area contributed by atoms with Gasteiger partial charge in [-0.3, -0.25) is 10.1 Å². The molecule has 1 aliphatic heterocycles. The quantitative estimate of drug-likeness (QED) is 0.393. The molecule has 126 valence electrons. The Morgan fingerprint density at radius 1 is 1.36 bits per heavy atom. The van der Waals surface area contributed by atoms with Gasteiger partial charge in [0.15, 0.2) is 17.2 Å². The first-order valence-corrected chi connectivity index (χ1v) is 7.10. The van der Waals surface area contributed by atoms with Crippen LogP contribution in [0.5, 0.6) is 23.0 Å². The third-order valence-electron chi connectivity index (χ3n) is 3.61. The van der Waals surface area contributed by atoms with Gasteiger partial charge < -0.3 is 19.3 Å². The first-order chi connectivity index (χ1) is 12.0. The third kappa shape index (κ3) is 3.03. The predicted molar refractivity (Wildman–Crippen MR) is 87.4 cm³/mol. The molecule has 2 aromatic rings. The Bertz CT molecular complexity index is 929. The molecule has 0 amide bonds. The third-order valence-corrected chi connectivity index (χ3v) is 3.61.